The van der Waals surface area contributed by atoms with Crippen molar-refractivity contribution in [2.75, 3.05) is 31.4 Å². The van der Waals surface area contributed by atoms with Gasteiger partial charge in [0.05, 0.1) is 12.4 Å². The Labute approximate surface area is 122 Å². The van der Waals surface area contributed by atoms with Gasteiger partial charge in [-0.05, 0) is 6.07 Å². The highest BCUT2D eigenvalue weighted by molar-refractivity contribution is 6.02. The van der Waals surface area contributed by atoms with Crippen LogP contribution >= 0.6 is 0 Å². The second kappa shape index (κ2) is 6.71. The molecule has 2 rings (SSSR count). The van der Waals surface area contributed by atoms with Crippen molar-refractivity contribution in [3.8, 4) is 0 Å². The van der Waals surface area contributed by atoms with E-state index in [0.717, 1.165) is 0 Å². The van der Waals surface area contributed by atoms with Crippen molar-refractivity contribution < 1.29 is 9.53 Å². The standard InChI is InChI=1S/C13H16N6O2/c1-19(2)12-7-15-9(6-16-12)13(20)18-10-4-5-14-11(17-10)8-21-3/h4-7H,8H2,1-3H3,(H,14,17,18,20). The van der Waals surface area contributed by atoms with Crippen LogP contribution < -0.4 is 10.2 Å². The van der Waals surface area contributed by atoms with E-state index >= 15 is 0 Å². The Morgan fingerprint density at radius 2 is 2.10 bits per heavy atom. The quantitative estimate of drug-likeness (QED) is 0.866. The van der Waals surface area contributed by atoms with Crippen LogP contribution in [0.1, 0.15) is 16.3 Å². The van der Waals surface area contributed by atoms with E-state index in [1.165, 1.54) is 12.4 Å². The molecule has 0 bridgehead atoms. The van der Waals surface area contributed by atoms with Crippen LogP contribution in [0.15, 0.2) is 24.7 Å². The lowest BCUT2D eigenvalue weighted by Gasteiger charge is -2.10. The summed E-state index contributed by atoms with van der Waals surface area (Å²) in [6, 6.07) is 1.60. The van der Waals surface area contributed by atoms with Gasteiger partial charge in [0.2, 0.25) is 0 Å². The summed E-state index contributed by atoms with van der Waals surface area (Å²) >= 11 is 0. The van der Waals surface area contributed by atoms with Crippen LogP contribution in [0.25, 0.3) is 0 Å². The van der Waals surface area contributed by atoms with E-state index in [4.69, 9.17) is 4.74 Å². The molecule has 2 aromatic rings. The van der Waals surface area contributed by atoms with Gasteiger partial charge in [0.15, 0.2) is 5.82 Å². The lowest BCUT2D eigenvalue weighted by Crippen LogP contribution is -2.17. The average molecular weight is 288 g/mol. The minimum absolute atomic E-state index is 0.215. The first-order valence-corrected chi connectivity index (χ1v) is 6.21. The summed E-state index contributed by atoms with van der Waals surface area (Å²) < 4.78 is 4.94. The van der Waals surface area contributed by atoms with Crippen molar-refractivity contribution in [3.05, 3.63) is 36.2 Å². The van der Waals surface area contributed by atoms with Gasteiger partial charge in [-0.2, -0.15) is 0 Å². The summed E-state index contributed by atoms with van der Waals surface area (Å²) in [6.45, 7) is 0.279. The number of rotatable bonds is 5. The zero-order valence-electron chi connectivity index (χ0n) is 12.1. The molecule has 0 atom stereocenters. The van der Waals surface area contributed by atoms with Crippen LogP contribution in [-0.2, 0) is 11.3 Å². The van der Waals surface area contributed by atoms with Crippen LogP contribution in [0.3, 0.4) is 0 Å². The van der Waals surface area contributed by atoms with Gasteiger partial charge in [-0.3, -0.25) is 4.79 Å². The van der Waals surface area contributed by atoms with Crippen molar-refractivity contribution in [1.82, 2.24) is 19.9 Å². The summed E-state index contributed by atoms with van der Waals surface area (Å²) in [5, 5.41) is 2.64. The SMILES string of the molecule is COCc1nccc(NC(=O)c2cnc(N(C)C)cn2)n1. The third-order valence-electron chi connectivity index (χ3n) is 2.55. The zero-order chi connectivity index (χ0) is 15.2. The average Bonchev–Trinajstić information content (AvgIpc) is 2.48. The smallest absolute Gasteiger partial charge is 0.277 e. The Balaban J connectivity index is 2.08. The molecule has 0 aromatic carbocycles. The topological polar surface area (TPSA) is 93.1 Å². The third-order valence-corrected chi connectivity index (χ3v) is 2.55. The van der Waals surface area contributed by atoms with Gasteiger partial charge in [-0.1, -0.05) is 0 Å². The number of hydrogen-bond donors (Lipinski definition) is 1. The van der Waals surface area contributed by atoms with Gasteiger partial charge in [0.25, 0.3) is 5.91 Å². The van der Waals surface area contributed by atoms with E-state index in [0.29, 0.717) is 17.5 Å². The summed E-state index contributed by atoms with van der Waals surface area (Å²) in [6.07, 6.45) is 4.50. The van der Waals surface area contributed by atoms with Crippen molar-refractivity contribution in [1.29, 1.82) is 0 Å². The van der Waals surface area contributed by atoms with Crippen molar-refractivity contribution in [2.24, 2.45) is 0 Å². The van der Waals surface area contributed by atoms with E-state index < -0.39 is 0 Å². The second-order valence-corrected chi connectivity index (χ2v) is 4.40. The van der Waals surface area contributed by atoms with E-state index in [1.807, 2.05) is 14.1 Å². The van der Waals surface area contributed by atoms with E-state index in [2.05, 4.69) is 25.3 Å². The maximum atomic E-state index is 12.0. The second-order valence-electron chi connectivity index (χ2n) is 4.40. The predicted molar refractivity (Wildman–Crippen MR) is 77.1 cm³/mol. The van der Waals surface area contributed by atoms with Crippen LogP contribution in [-0.4, -0.2) is 47.0 Å². The number of nitrogens with one attached hydrogen (secondary N) is 1. The van der Waals surface area contributed by atoms with Gasteiger partial charge in [0.1, 0.15) is 23.9 Å². The lowest BCUT2D eigenvalue weighted by molar-refractivity contribution is 0.102. The number of carbonyl (C=O) groups is 1. The lowest BCUT2D eigenvalue weighted by atomic mass is 10.4. The fourth-order valence-electron chi connectivity index (χ4n) is 1.52. The minimum Gasteiger partial charge on any atom is -0.377 e. The van der Waals surface area contributed by atoms with Crippen LogP contribution in [0.4, 0.5) is 11.6 Å². The number of nitrogens with zero attached hydrogens (tertiary/aromatic N) is 5. The molecule has 0 saturated carbocycles. The molecular weight excluding hydrogens is 272 g/mol. The number of aromatic nitrogens is 4. The Morgan fingerprint density at radius 1 is 1.29 bits per heavy atom. The molecule has 2 heterocycles. The zero-order valence-corrected chi connectivity index (χ0v) is 12.1. The molecule has 110 valence electrons. The highest BCUT2D eigenvalue weighted by Gasteiger charge is 2.10. The maximum Gasteiger partial charge on any atom is 0.277 e. The van der Waals surface area contributed by atoms with Crippen LogP contribution in [0.5, 0.6) is 0 Å². The number of ether oxygens (including phenoxy) is 1. The van der Waals surface area contributed by atoms with E-state index in [-0.39, 0.29) is 18.2 Å². The molecule has 0 aliphatic rings. The molecule has 0 fully saturated rings. The van der Waals surface area contributed by atoms with Gasteiger partial charge >= 0.3 is 0 Å². The monoisotopic (exact) mass is 288 g/mol. The molecular formula is C13H16N6O2. The normalized spacial score (nSPS) is 10.2. The van der Waals surface area contributed by atoms with Crippen molar-refractivity contribution in [3.63, 3.8) is 0 Å². The number of methoxy groups -OCH3 is 1. The van der Waals surface area contributed by atoms with Gasteiger partial charge in [-0.25, -0.2) is 19.9 Å². The molecule has 0 unspecified atom stereocenters. The first-order chi connectivity index (χ1) is 10.1. The fourth-order valence-corrected chi connectivity index (χ4v) is 1.52. The molecule has 1 amide bonds. The maximum absolute atomic E-state index is 12.0. The molecule has 1 N–H and O–H groups in total. The predicted octanol–water partition coefficient (Wildman–Crippen LogP) is 0.731. The van der Waals surface area contributed by atoms with E-state index in [1.54, 1.807) is 24.3 Å². The molecule has 0 radical (unpaired) electrons. The molecule has 0 saturated heterocycles. The fraction of sp³-hybridized carbons (Fsp3) is 0.308. The molecule has 21 heavy (non-hydrogen) atoms. The number of hydrogen-bond acceptors (Lipinski definition) is 7. The molecule has 2 aromatic heterocycles. The van der Waals surface area contributed by atoms with Crippen LogP contribution in [0.2, 0.25) is 0 Å². The molecule has 0 spiro atoms. The summed E-state index contributed by atoms with van der Waals surface area (Å²) in [5.74, 6) is 1.18. The summed E-state index contributed by atoms with van der Waals surface area (Å²) in [7, 11) is 5.25. The number of anilines is 2. The molecule has 8 heteroatoms. The van der Waals surface area contributed by atoms with Gasteiger partial charge in [-0.15, -0.1) is 0 Å². The van der Waals surface area contributed by atoms with Crippen molar-refractivity contribution >= 4 is 17.5 Å². The number of carbonyl (C=O) groups excluding carboxylic acids is 1. The number of amides is 1. The molecule has 8 nitrogen and oxygen atoms in total. The van der Waals surface area contributed by atoms with Gasteiger partial charge < -0.3 is 15.0 Å². The Hall–Kier alpha value is -2.61. The third kappa shape index (κ3) is 3.93. The first kappa shape index (κ1) is 14.8. The summed E-state index contributed by atoms with van der Waals surface area (Å²) in [4.78, 5) is 30.2. The van der Waals surface area contributed by atoms with E-state index in [9.17, 15) is 4.79 Å². The Morgan fingerprint density at radius 3 is 2.71 bits per heavy atom. The molecule has 0 aliphatic carbocycles. The first-order valence-electron chi connectivity index (χ1n) is 6.21. The molecule has 0 aliphatic heterocycles. The van der Waals surface area contributed by atoms with Crippen molar-refractivity contribution in [2.45, 2.75) is 6.61 Å². The largest absolute Gasteiger partial charge is 0.377 e. The minimum atomic E-state index is -0.380. The highest BCUT2D eigenvalue weighted by atomic mass is 16.5. The highest BCUT2D eigenvalue weighted by Crippen LogP contribution is 2.07. The Bertz CT molecular complexity index is 614. The Kier molecular flexibility index (Phi) is 4.72. The van der Waals surface area contributed by atoms with Gasteiger partial charge in [0, 0.05) is 27.4 Å². The van der Waals surface area contributed by atoms with Crippen LogP contribution in [0, 0.1) is 0 Å². The summed E-state index contributed by atoms with van der Waals surface area (Å²) in [5.41, 5.74) is 0.215.